The first-order valence-electron chi connectivity index (χ1n) is 7.47. The van der Waals surface area contributed by atoms with Gasteiger partial charge in [-0.05, 0) is 37.3 Å². The summed E-state index contributed by atoms with van der Waals surface area (Å²) in [7, 11) is 0. The average molecular weight is 307 g/mol. The summed E-state index contributed by atoms with van der Waals surface area (Å²) < 4.78 is 0. The maximum atomic E-state index is 12.6. The molecule has 5 nitrogen and oxygen atoms in total. The van der Waals surface area contributed by atoms with E-state index in [9.17, 15) is 9.59 Å². The lowest BCUT2D eigenvalue weighted by atomic mass is 10.1. The third kappa shape index (κ3) is 3.63. The van der Waals surface area contributed by atoms with Crippen molar-refractivity contribution in [2.45, 2.75) is 31.8 Å². The zero-order valence-electron chi connectivity index (χ0n) is 12.0. The van der Waals surface area contributed by atoms with Crippen molar-refractivity contribution < 1.29 is 9.59 Å². The number of hydrogen-bond donors (Lipinski definition) is 1. The second-order valence-corrected chi connectivity index (χ2v) is 6.99. The zero-order chi connectivity index (χ0) is 14.8. The Morgan fingerprint density at radius 1 is 1.38 bits per heavy atom. The first-order valence-corrected chi connectivity index (χ1v) is 8.35. The third-order valence-corrected chi connectivity index (χ3v) is 5.11. The fourth-order valence-electron chi connectivity index (χ4n) is 2.87. The van der Waals surface area contributed by atoms with Crippen LogP contribution in [0.3, 0.4) is 0 Å². The van der Waals surface area contributed by atoms with Crippen molar-refractivity contribution in [1.29, 1.82) is 0 Å². The molecule has 114 valence electrons. The quantitative estimate of drug-likeness (QED) is 0.854. The maximum Gasteiger partial charge on any atom is 0.237 e. The summed E-state index contributed by atoms with van der Waals surface area (Å²) in [4.78, 5) is 29.0. The second-order valence-electron chi connectivity index (χ2n) is 5.96. The Kier molecular flexibility index (Phi) is 4.26. The van der Waals surface area contributed by atoms with Crippen LogP contribution in [0.25, 0.3) is 0 Å². The molecule has 3 rings (SSSR count). The molecule has 0 radical (unpaired) electrons. The Hall–Kier alpha value is -1.40. The van der Waals surface area contributed by atoms with Crippen LogP contribution in [0.2, 0.25) is 0 Å². The number of primary amides is 1. The van der Waals surface area contributed by atoms with E-state index < -0.39 is 0 Å². The lowest BCUT2D eigenvalue weighted by Crippen LogP contribution is -2.40. The van der Waals surface area contributed by atoms with Crippen molar-refractivity contribution in [1.82, 2.24) is 9.80 Å². The van der Waals surface area contributed by atoms with E-state index in [1.807, 2.05) is 16.3 Å². The SMILES string of the molecule is NC(=O)C1CCN(CC(=O)N(Cc2cccs2)C2CC2)C1. The molecule has 1 saturated heterocycles. The minimum absolute atomic E-state index is 0.0931. The van der Waals surface area contributed by atoms with E-state index in [2.05, 4.69) is 11.0 Å². The van der Waals surface area contributed by atoms with E-state index in [0.717, 1.165) is 25.8 Å². The molecular weight excluding hydrogens is 286 g/mol. The van der Waals surface area contributed by atoms with Gasteiger partial charge < -0.3 is 10.6 Å². The normalized spacial score (nSPS) is 22.4. The number of likely N-dealkylation sites (tertiary alicyclic amines) is 1. The molecule has 1 aromatic rings. The molecule has 2 heterocycles. The van der Waals surface area contributed by atoms with Gasteiger partial charge in [0.1, 0.15) is 0 Å². The number of hydrogen-bond acceptors (Lipinski definition) is 4. The first-order chi connectivity index (χ1) is 10.1. The molecule has 1 atom stereocenters. The largest absolute Gasteiger partial charge is 0.369 e. The van der Waals surface area contributed by atoms with Crippen LogP contribution < -0.4 is 5.73 Å². The average Bonchev–Trinajstić information content (AvgIpc) is 2.97. The standard InChI is InChI=1S/C15H21N3O2S/c16-15(20)11-5-6-17(8-11)10-14(19)18(12-3-4-12)9-13-2-1-7-21-13/h1-2,7,11-12H,3-6,8-10H2,(H2,16,20). The summed E-state index contributed by atoms with van der Waals surface area (Å²) in [5.41, 5.74) is 5.34. The Bertz CT molecular complexity index is 513. The molecule has 1 saturated carbocycles. The molecule has 21 heavy (non-hydrogen) atoms. The number of carbonyl (C=O) groups excluding carboxylic acids is 2. The molecule has 6 heteroatoms. The second kappa shape index (κ2) is 6.15. The highest BCUT2D eigenvalue weighted by Gasteiger charge is 2.35. The molecule has 2 amide bonds. The number of nitrogens with zero attached hydrogens (tertiary/aromatic N) is 2. The Morgan fingerprint density at radius 3 is 2.76 bits per heavy atom. The summed E-state index contributed by atoms with van der Waals surface area (Å²) >= 11 is 1.69. The van der Waals surface area contributed by atoms with Crippen LogP contribution in [0.5, 0.6) is 0 Å². The monoisotopic (exact) mass is 307 g/mol. The van der Waals surface area contributed by atoms with E-state index >= 15 is 0 Å². The van der Waals surface area contributed by atoms with Gasteiger partial charge in [0.15, 0.2) is 0 Å². The van der Waals surface area contributed by atoms with E-state index in [-0.39, 0.29) is 17.7 Å². The number of amides is 2. The van der Waals surface area contributed by atoms with E-state index in [4.69, 9.17) is 5.73 Å². The van der Waals surface area contributed by atoms with Crippen LogP contribution in [0.4, 0.5) is 0 Å². The molecule has 2 fully saturated rings. The maximum absolute atomic E-state index is 12.6. The van der Waals surface area contributed by atoms with Crippen LogP contribution in [0.1, 0.15) is 24.1 Å². The van der Waals surface area contributed by atoms with E-state index in [1.54, 1.807) is 11.3 Å². The fraction of sp³-hybridized carbons (Fsp3) is 0.600. The molecule has 0 bridgehead atoms. The Morgan fingerprint density at radius 2 is 2.19 bits per heavy atom. The Labute approximate surface area is 128 Å². The number of rotatable bonds is 6. The zero-order valence-corrected chi connectivity index (χ0v) is 12.8. The minimum Gasteiger partial charge on any atom is -0.369 e. The number of carbonyl (C=O) groups is 2. The van der Waals surface area contributed by atoms with Gasteiger partial charge in [-0.1, -0.05) is 6.07 Å². The van der Waals surface area contributed by atoms with Crippen molar-refractivity contribution >= 4 is 23.2 Å². The summed E-state index contributed by atoms with van der Waals surface area (Å²) in [5, 5.41) is 2.04. The molecule has 1 unspecified atom stereocenters. The summed E-state index contributed by atoms with van der Waals surface area (Å²) in [6, 6.07) is 4.51. The lowest BCUT2D eigenvalue weighted by molar-refractivity contribution is -0.133. The van der Waals surface area contributed by atoms with Crippen LogP contribution in [0.15, 0.2) is 17.5 Å². The smallest absolute Gasteiger partial charge is 0.237 e. The van der Waals surface area contributed by atoms with Crippen molar-refractivity contribution in [2.24, 2.45) is 11.7 Å². The van der Waals surface area contributed by atoms with Gasteiger partial charge >= 0.3 is 0 Å². The van der Waals surface area contributed by atoms with Crippen LogP contribution >= 0.6 is 11.3 Å². The topological polar surface area (TPSA) is 66.6 Å². The summed E-state index contributed by atoms with van der Waals surface area (Å²) in [5.74, 6) is -0.164. The van der Waals surface area contributed by atoms with Gasteiger partial charge in [0.25, 0.3) is 0 Å². The molecule has 0 spiro atoms. The third-order valence-electron chi connectivity index (χ3n) is 4.25. The molecule has 1 aliphatic carbocycles. The summed E-state index contributed by atoms with van der Waals surface area (Å²) in [6.45, 7) is 2.54. The predicted octanol–water partition coefficient (Wildman–Crippen LogP) is 1.05. The van der Waals surface area contributed by atoms with Gasteiger partial charge in [-0.3, -0.25) is 14.5 Å². The highest BCUT2D eigenvalue weighted by molar-refractivity contribution is 7.09. The minimum atomic E-state index is -0.248. The molecule has 1 aromatic heterocycles. The summed E-state index contributed by atoms with van der Waals surface area (Å²) in [6.07, 6.45) is 3.00. The molecule has 0 aromatic carbocycles. The highest BCUT2D eigenvalue weighted by atomic mass is 32.1. The van der Waals surface area contributed by atoms with E-state index in [1.165, 1.54) is 4.88 Å². The predicted molar refractivity (Wildman–Crippen MR) is 81.6 cm³/mol. The first kappa shape index (κ1) is 14.5. The van der Waals surface area contributed by atoms with Gasteiger partial charge in [0.2, 0.25) is 11.8 Å². The van der Waals surface area contributed by atoms with Gasteiger partial charge in [0.05, 0.1) is 19.0 Å². The van der Waals surface area contributed by atoms with Crippen molar-refractivity contribution in [2.75, 3.05) is 19.6 Å². The van der Waals surface area contributed by atoms with Crippen molar-refractivity contribution in [3.8, 4) is 0 Å². The lowest BCUT2D eigenvalue weighted by Gasteiger charge is -2.25. The highest BCUT2D eigenvalue weighted by Crippen LogP contribution is 2.29. The van der Waals surface area contributed by atoms with Crippen LogP contribution in [-0.4, -0.2) is 47.3 Å². The van der Waals surface area contributed by atoms with Gasteiger partial charge in [-0.25, -0.2) is 0 Å². The van der Waals surface area contributed by atoms with E-state index in [0.29, 0.717) is 25.7 Å². The van der Waals surface area contributed by atoms with Crippen molar-refractivity contribution in [3.05, 3.63) is 22.4 Å². The van der Waals surface area contributed by atoms with Crippen molar-refractivity contribution in [3.63, 3.8) is 0 Å². The molecule has 1 aliphatic heterocycles. The fourth-order valence-corrected chi connectivity index (χ4v) is 3.57. The molecule has 2 N–H and O–H groups in total. The van der Waals surface area contributed by atoms with Crippen LogP contribution in [-0.2, 0) is 16.1 Å². The Balaban J connectivity index is 1.56. The molecule has 2 aliphatic rings. The van der Waals surface area contributed by atoms with Crippen LogP contribution in [0, 0.1) is 5.92 Å². The van der Waals surface area contributed by atoms with Gasteiger partial charge in [-0.15, -0.1) is 11.3 Å². The van der Waals surface area contributed by atoms with Gasteiger partial charge in [-0.2, -0.15) is 0 Å². The van der Waals surface area contributed by atoms with Gasteiger partial charge in [0, 0.05) is 17.5 Å². The number of thiophene rings is 1. The molecular formula is C15H21N3O2S. The number of nitrogens with two attached hydrogens (primary N) is 1.